The second kappa shape index (κ2) is 6.39. The lowest BCUT2D eigenvalue weighted by atomic mass is 10.0. The Bertz CT molecular complexity index is 315. The Balaban J connectivity index is 2.57. The highest BCUT2D eigenvalue weighted by molar-refractivity contribution is 5.96. The summed E-state index contributed by atoms with van der Waals surface area (Å²) in [6, 6.07) is 8.00. The molecule has 0 atom stereocenters. The van der Waals surface area contributed by atoms with E-state index in [0.717, 1.165) is 24.8 Å². The SMILES string of the molecule is CCCCCC(=O)c1cccc(CC)c1. The van der Waals surface area contributed by atoms with Gasteiger partial charge in [0, 0.05) is 12.0 Å². The molecule has 1 rings (SSSR count). The molecule has 0 amide bonds. The number of carbonyl (C=O) groups is 1. The molecule has 0 saturated carbocycles. The maximum Gasteiger partial charge on any atom is 0.162 e. The van der Waals surface area contributed by atoms with Crippen molar-refractivity contribution in [1.82, 2.24) is 0 Å². The largest absolute Gasteiger partial charge is 0.294 e. The Hall–Kier alpha value is -1.11. The number of hydrogen-bond donors (Lipinski definition) is 0. The van der Waals surface area contributed by atoms with E-state index in [-0.39, 0.29) is 0 Å². The molecule has 0 unspecified atom stereocenters. The lowest BCUT2D eigenvalue weighted by Crippen LogP contribution is -1.99. The second-order valence-electron chi connectivity index (χ2n) is 3.93. The smallest absolute Gasteiger partial charge is 0.162 e. The van der Waals surface area contributed by atoms with Crippen LogP contribution in [0.4, 0.5) is 0 Å². The zero-order chi connectivity index (χ0) is 11.1. The number of rotatable bonds is 6. The van der Waals surface area contributed by atoms with Crippen molar-refractivity contribution in [2.75, 3.05) is 0 Å². The van der Waals surface area contributed by atoms with E-state index in [2.05, 4.69) is 19.9 Å². The molecule has 1 aromatic rings. The minimum atomic E-state index is 0.291. The van der Waals surface area contributed by atoms with Crippen LogP contribution in [-0.2, 0) is 6.42 Å². The normalized spacial score (nSPS) is 10.3. The van der Waals surface area contributed by atoms with Crippen molar-refractivity contribution in [2.45, 2.75) is 46.0 Å². The summed E-state index contributed by atoms with van der Waals surface area (Å²) < 4.78 is 0. The zero-order valence-corrected chi connectivity index (χ0v) is 9.75. The van der Waals surface area contributed by atoms with Crippen LogP contribution < -0.4 is 0 Å². The van der Waals surface area contributed by atoms with E-state index in [1.807, 2.05) is 18.2 Å². The third kappa shape index (κ3) is 3.86. The molecule has 1 heteroatoms. The Morgan fingerprint density at radius 1 is 1.20 bits per heavy atom. The third-order valence-electron chi connectivity index (χ3n) is 2.66. The van der Waals surface area contributed by atoms with Gasteiger partial charge in [-0.1, -0.05) is 44.9 Å². The summed E-state index contributed by atoms with van der Waals surface area (Å²) in [5.74, 6) is 0.291. The molecule has 0 aliphatic carbocycles. The molecular formula is C14H20O. The molecule has 0 aromatic heterocycles. The molecule has 0 saturated heterocycles. The van der Waals surface area contributed by atoms with E-state index in [1.165, 1.54) is 12.0 Å². The maximum atomic E-state index is 11.8. The quantitative estimate of drug-likeness (QED) is 0.505. The highest BCUT2D eigenvalue weighted by Crippen LogP contribution is 2.10. The molecule has 0 N–H and O–H groups in total. The van der Waals surface area contributed by atoms with Gasteiger partial charge in [0.1, 0.15) is 0 Å². The number of Topliss-reactive ketones (excluding diaryl/α,β-unsaturated/α-hetero) is 1. The van der Waals surface area contributed by atoms with Crippen molar-refractivity contribution >= 4 is 5.78 Å². The van der Waals surface area contributed by atoms with Gasteiger partial charge in [-0.2, -0.15) is 0 Å². The van der Waals surface area contributed by atoms with Crippen LogP contribution in [0.15, 0.2) is 24.3 Å². The lowest BCUT2D eigenvalue weighted by molar-refractivity contribution is 0.0979. The highest BCUT2D eigenvalue weighted by Gasteiger charge is 2.05. The Morgan fingerprint density at radius 2 is 2.00 bits per heavy atom. The van der Waals surface area contributed by atoms with Gasteiger partial charge in [-0.15, -0.1) is 0 Å². The standard InChI is InChI=1S/C14H20O/c1-3-5-6-10-14(15)13-9-7-8-12(4-2)11-13/h7-9,11H,3-6,10H2,1-2H3. The Morgan fingerprint density at radius 3 is 2.67 bits per heavy atom. The molecule has 0 heterocycles. The molecule has 0 aliphatic heterocycles. The zero-order valence-electron chi connectivity index (χ0n) is 9.75. The molecule has 82 valence electrons. The van der Waals surface area contributed by atoms with E-state index in [0.29, 0.717) is 12.2 Å². The van der Waals surface area contributed by atoms with Crippen LogP contribution in [0.1, 0.15) is 55.5 Å². The first-order valence-corrected chi connectivity index (χ1v) is 5.90. The third-order valence-corrected chi connectivity index (χ3v) is 2.66. The van der Waals surface area contributed by atoms with Gasteiger partial charge in [0.05, 0.1) is 0 Å². The van der Waals surface area contributed by atoms with Crippen molar-refractivity contribution < 1.29 is 4.79 Å². The molecule has 1 aromatic carbocycles. The Kier molecular flexibility index (Phi) is 5.09. The monoisotopic (exact) mass is 204 g/mol. The summed E-state index contributed by atoms with van der Waals surface area (Å²) in [6.45, 7) is 4.27. The van der Waals surface area contributed by atoms with Crippen LogP contribution >= 0.6 is 0 Å². The van der Waals surface area contributed by atoms with E-state index in [4.69, 9.17) is 0 Å². The maximum absolute atomic E-state index is 11.8. The minimum absolute atomic E-state index is 0.291. The van der Waals surface area contributed by atoms with E-state index < -0.39 is 0 Å². The fraction of sp³-hybridized carbons (Fsp3) is 0.500. The lowest BCUT2D eigenvalue weighted by Gasteiger charge is -2.02. The minimum Gasteiger partial charge on any atom is -0.294 e. The predicted octanol–water partition coefficient (Wildman–Crippen LogP) is 4.01. The van der Waals surface area contributed by atoms with E-state index in [1.54, 1.807) is 0 Å². The molecule has 0 bridgehead atoms. The van der Waals surface area contributed by atoms with Crippen molar-refractivity contribution in [2.24, 2.45) is 0 Å². The van der Waals surface area contributed by atoms with Gasteiger partial charge in [0.15, 0.2) is 5.78 Å². The molecule has 0 aliphatic rings. The Labute approximate surface area is 92.5 Å². The summed E-state index contributed by atoms with van der Waals surface area (Å²) in [4.78, 5) is 11.8. The molecule has 15 heavy (non-hydrogen) atoms. The fourth-order valence-corrected chi connectivity index (χ4v) is 1.64. The van der Waals surface area contributed by atoms with Gasteiger partial charge < -0.3 is 0 Å². The second-order valence-corrected chi connectivity index (χ2v) is 3.93. The fourth-order valence-electron chi connectivity index (χ4n) is 1.64. The van der Waals surface area contributed by atoms with Crippen molar-refractivity contribution in [3.05, 3.63) is 35.4 Å². The van der Waals surface area contributed by atoms with Gasteiger partial charge in [0.25, 0.3) is 0 Å². The van der Waals surface area contributed by atoms with Gasteiger partial charge in [-0.3, -0.25) is 4.79 Å². The average Bonchev–Trinajstić information content (AvgIpc) is 2.29. The van der Waals surface area contributed by atoms with Crippen LogP contribution in [0.3, 0.4) is 0 Å². The first-order chi connectivity index (χ1) is 7.27. The van der Waals surface area contributed by atoms with Gasteiger partial charge in [0.2, 0.25) is 0 Å². The van der Waals surface area contributed by atoms with Gasteiger partial charge >= 0.3 is 0 Å². The predicted molar refractivity (Wildman–Crippen MR) is 64.3 cm³/mol. The van der Waals surface area contributed by atoms with E-state index >= 15 is 0 Å². The van der Waals surface area contributed by atoms with Crippen LogP contribution in [0, 0.1) is 0 Å². The highest BCUT2D eigenvalue weighted by atomic mass is 16.1. The molecule has 0 spiro atoms. The van der Waals surface area contributed by atoms with Crippen LogP contribution in [0.5, 0.6) is 0 Å². The van der Waals surface area contributed by atoms with Crippen LogP contribution in [0.2, 0.25) is 0 Å². The van der Waals surface area contributed by atoms with Crippen molar-refractivity contribution in [1.29, 1.82) is 0 Å². The summed E-state index contributed by atoms with van der Waals surface area (Å²) in [5.41, 5.74) is 2.13. The first kappa shape index (κ1) is 12.0. The number of benzene rings is 1. The molecule has 0 fully saturated rings. The van der Waals surface area contributed by atoms with E-state index in [9.17, 15) is 4.79 Å². The summed E-state index contributed by atoms with van der Waals surface area (Å²) >= 11 is 0. The number of unbranched alkanes of at least 4 members (excludes halogenated alkanes) is 2. The topological polar surface area (TPSA) is 17.1 Å². The molecule has 1 nitrogen and oxygen atoms in total. The van der Waals surface area contributed by atoms with Crippen LogP contribution in [-0.4, -0.2) is 5.78 Å². The summed E-state index contributed by atoms with van der Waals surface area (Å²) in [7, 11) is 0. The van der Waals surface area contributed by atoms with Crippen molar-refractivity contribution in [3.8, 4) is 0 Å². The van der Waals surface area contributed by atoms with Crippen molar-refractivity contribution in [3.63, 3.8) is 0 Å². The first-order valence-electron chi connectivity index (χ1n) is 5.90. The molecule has 0 radical (unpaired) electrons. The number of carbonyl (C=O) groups excluding carboxylic acids is 1. The average molecular weight is 204 g/mol. The van der Waals surface area contributed by atoms with Gasteiger partial charge in [-0.25, -0.2) is 0 Å². The summed E-state index contributed by atoms with van der Waals surface area (Å²) in [5, 5.41) is 0. The van der Waals surface area contributed by atoms with Crippen LogP contribution in [0.25, 0.3) is 0 Å². The van der Waals surface area contributed by atoms with Gasteiger partial charge in [-0.05, 0) is 24.5 Å². The number of aryl methyl sites for hydroxylation is 1. The number of hydrogen-bond acceptors (Lipinski definition) is 1. The molecular weight excluding hydrogens is 184 g/mol. The number of ketones is 1. The summed E-state index contributed by atoms with van der Waals surface area (Å²) in [6.07, 6.45) is 5.03.